The van der Waals surface area contributed by atoms with E-state index in [0.717, 1.165) is 28.6 Å². The smallest absolute Gasteiger partial charge is 0.243 e. The zero-order valence-electron chi connectivity index (χ0n) is 12.2. The molecule has 0 aliphatic heterocycles. The summed E-state index contributed by atoms with van der Waals surface area (Å²) < 4.78 is 0.972. The van der Waals surface area contributed by atoms with Crippen molar-refractivity contribution in [3.8, 4) is 0 Å². The fourth-order valence-electron chi connectivity index (χ4n) is 1.78. The van der Waals surface area contributed by atoms with Crippen LogP contribution < -0.4 is 5.32 Å². The molecule has 2 amide bonds. The lowest BCUT2D eigenvalue weighted by atomic mass is 10.2. The average molecular weight is 341 g/mol. The largest absolute Gasteiger partial charge is 0.336 e. The number of nitrogens with one attached hydrogen (secondary N) is 1. The van der Waals surface area contributed by atoms with E-state index in [4.69, 9.17) is 0 Å². The second kappa shape index (κ2) is 8.04. The predicted octanol–water partition coefficient (Wildman–Crippen LogP) is 3.34. The Morgan fingerprint density at radius 1 is 1.35 bits per heavy atom. The van der Waals surface area contributed by atoms with Gasteiger partial charge < -0.3 is 10.2 Å². The van der Waals surface area contributed by atoms with Gasteiger partial charge in [-0.15, -0.1) is 0 Å². The molecule has 0 saturated heterocycles. The number of carbonyl (C=O) groups excluding carboxylic acids is 2. The van der Waals surface area contributed by atoms with Crippen LogP contribution in [0.2, 0.25) is 0 Å². The summed E-state index contributed by atoms with van der Waals surface area (Å²) in [5.41, 5.74) is 1.75. The van der Waals surface area contributed by atoms with Crippen molar-refractivity contribution < 1.29 is 9.59 Å². The number of amides is 2. The fraction of sp³-hybridized carbons (Fsp3) is 0.467. The van der Waals surface area contributed by atoms with Crippen molar-refractivity contribution in [3.05, 3.63) is 28.2 Å². The van der Waals surface area contributed by atoms with E-state index in [-0.39, 0.29) is 18.4 Å². The van der Waals surface area contributed by atoms with Crippen LogP contribution in [0.5, 0.6) is 0 Å². The molecule has 1 aromatic rings. The summed E-state index contributed by atoms with van der Waals surface area (Å²) >= 11 is 3.38. The van der Waals surface area contributed by atoms with Crippen LogP contribution in [0.4, 0.5) is 5.69 Å². The number of unbranched alkanes of at least 4 members (excludes halogenated alkanes) is 1. The Bertz CT molecular complexity index is 489. The molecule has 0 aromatic heterocycles. The highest BCUT2D eigenvalue weighted by Crippen LogP contribution is 2.19. The standard InChI is InChI=1S/C15H21BrN2O2/c1-4-5-6-15(20)18(3)10-14(19)17-13-8-7-12(16)9-11(13)2/h7-9H,4-6,10H2,1-3H3,(H,17,19). The van der Waals surface area contributed by atoms with Gasteiger partial charge in [-0.1, -0.05) is 29.3 Å². The number of anilines is 1. The van der Waals surface area contributed by atoms with Crippen LogP contribution in [0, 0.1) is 6.92 Å². The first-order chi connectivity index (χ1) is 9.43. The molecule has 0 heterocycles. The maximum absolute atomic E-state index is 11.9. The number of aryl methyl sites for hydroxylation is 1. The molecule has 20 heavy (non-hydrogen) atoms. The number of hydrogen-bond acceptors (Lipinski definition) is 2. The van der Waals surface area contributed by atoms with Crippen molar-refractivity contribution in [1.82, 2.24) is 4.90 Å². The molecule has 1 N–H and O–H groups in total. The first-order valence-corrected chi connectivity index (χ1v) is 7.53. The van der Waals surface area contributed by atoms with E-state index in [1.54, 1.807) is 7.05 Å². The van der Waals surface area contributed by atoms with Gasteiger partial charge in [-0.05, 0) is 37.1 Å². The third-order valence-electron chi connectivity index (χ3n) is 3.01. The maximum atomic E-state index is 11.9. The molecule has 0 unspecified atom stereocenters. The maximum Gasteiger partial charge on any atom is 0.243 e. The third kappa shape index (κ3) is 5.33. The van der Waals surface area contributed by atoms with E-state index in [0.29, 0.717) is 6.42 Å². The lowest BCUT2D eigenvalue weighted by Gasteiger charge is -2.17. The number of carbonyl (C=O) groups is 2. The molecule has 0 bridgehead atoms. The van der Waals surface area contributed by atoms with Gasteiger partial charge in [0.2, 0.25) is 11.8 Å². The molecule has 110 valence electrons. The van der Waals surface area contributed by atoms with E-state index in [1.807, 2.05) is 32.0 Å². The number of hydrogen-bond donors (Lipinski definition) is 1. The number of nitrogens with zero attached hydrogens (tertiary/aromatic N) is 1. The van der Waals surface area contributed by atoms with Gasteiger partial charge in [-0.3, -0.25) is 9.59 Å². The second-order valence-electron chi connectivity index (χ2n) is 4.86. The average Bonchev–Trinajstić information content (AvgIpc) is 2.39. The van der Waals surface area contributed by atoms with Gasteiger partial charge in [0.1, 0.15) is 0 Å². The molecule has 1 aromatic carbocycles. The quantitative estimate of drug-likeness (QED) is 0.863. The summed E-state index contributed by atoms with van der Waals surface area (Å²) in [4.78, 5) is 25.1. The number of rotatable bonds is 6. The Morgan fingerprint density at radius 3 is 2.65 bits per heavy atom. The van der Waals surface area contributed by atoms with Crippen LogP contribution in [-0.2, 0) is 9.59 Å². The Kier molecular flexibility index (Phi) is 6.71. The summed E-state index contributed by atoms with van der Waals surface area (Å²) in [6, 6.07) is 5.65. The van der Waals surface area contributed by atoms with Gasteiger partial charge in [0.15, 0.2) is 0 Å². The van der Waals surface area contributed by atoms with Crippen LogP contribution in [0.25, 0.3) is 0 Å². The van der Waals surface area contributed by atoms with E-state index < -0.39 is 0 Å². The van der Waals surface area contributed by atoms with Crippen LogP contribution in [-0.4, -0.2) is 30.3 Å². The molecule has 0 aliphatic rings. The topological polar surface area (TPSA) is 49.4 Å². The molecule has 0 atom stereocenters. The molecule has 0 fully saturated rings. The zero-order chi connectivity index (χ0) is 15.1. The van der Waals surface area contributed by atoms with Gasteiger partial charge in [0.25, 0.3) is 0 Å². The van der Waals surface area contributed by atoms with Crippen LogP contribution in [0.3, 0.4) is 0 Å². The van der Waals surface area contributed by atoms with Crippen LogP contribution in [0.1, 0.15) is 31.7 Å². The highest BCUT2D eigenvalue weighted by atomic mass is 79.9. The van der Waals surface area contributed by atoms with Crippen molar-refractivity contribution in [2.75, 3.05) is 18.9 Å². The Morgan fingerprint density at radius 2 is 2.05 bits per heavy atom. The summed E-state index contributed by atoms with van der Waals surface area (Å²) in [6.45, 7) is 4.05. The van der Waals surface area contributed by atoms with Crippen LogP contribution in [0.15, 0.2) is 22.7 Å². The fourth-order valence-corrected chi connectivity index (χ4v) is 2.26. The lowest BCUT2D eigenvalue weighted by molar-refractivity contribution is -0.133. The Labute approximate surface area is 128 Å². The highest BCUT2D eigenvalue weighted by Gasteiger charge is 2.13. The van der Waals surface area contributed by atoms with E-state index in [9.17, 15) is 9.59 Å². The minimum atomic E-state index is -0.178. The van der Waals surface area contributed by atoms with Gasteiger partial charge in [-0.2, -0.15) is 0 Å². The molecule has 0 saturated carbocycles. The number of likely N-dealkylation sites (N-methyl/N-ethyl adjacent to an activating group) is 1. The molecule has 0 spiro atoms. The predicted molar refractivity (Wildman–Crippen MR) is 84.7 cm³/mol. The molecule has 4 nitrogen and oxygen atoms in total. The first kappa shape index (κ1) is 16.7. The zero-order valence-corrected chi connectivity index (χ0v) is 13.8. The highest BCUT2D eigenvalue weighted by molar-refractivity contribution is 9.10. The minimum absolute atomic E-state index is 0.00882. The molecule has 1 rings (SSSR count). The normalized spacial score (nSPS) is 10.2. The first-order valence-electron chi connectivity index (χ1n) is 6.74. The van der Waals surface area contributed by atoms with Gasteiger partial charge in [0.05, 0.1) is 6.54 Å². The van der Waals surface area contributed by atoms with Gasteiger partial charge >= 0.3 is 0 Å². The number of halogens is 1. The monoisotopic (exact) mass is 340 g/mol. The Balaban J connectivity index is 2.52. The van der Waals surface area contributed by atoms with Crippen molar-refractivity contribution in [3.63, 3.8) is 0 Å². The molecule has 0 radical (unpaired) electrons. The van der Waals surface area contributed by atoms with Crippen molar-refractivity contribution in [2.45, 2.75) is 33.1 Å². The van der Waals surface area contributed by atoms with E-state index in [1.165, 1.54) is 4.90 Å². The molecular formula is C15H21BrN2O2. The molecule has 0 aliphatic carbocycles. The third-order valence-corrected chi connectivity index (χ3v) is 3.51. The van der Waals surface area contributed by atoms with Crippen molar-refractivity contribution in [1.29, 1.82) is 0 Å². The van der Waals surface area contributed by atoms with Crippen molar-refractivity contribution in [2.24, 2.45) is 0 Å². The summed E-state index contributed by atoms with van der Waals surface area (Å²) in [7, 11) is 1.66. The summed E-state index contributed by atoms with van der Waals surface area (Å²) in [5.74, 6) is -0.169. The van der Waals surface area contributed by atoms with Gasteiger partial charge in [-0.25, -0.2) is 0 Å². The van der Waals surface area contributed by atoms with E-state index in [2.05, 4.69) is 21.2 Å². The summed E-state index contributed by atoms with van der Waals surface area (Å²) in [6.07, 6.45) is 2.33. The molecular weight excluding hydrogens is 320 g/mol. The van der Waals surface area contributed by atoms with Crippen molar-refractivity contribution >= 4 is 33.4 Å². The number of benzene rings is 1. The lowest BCUT2D eigenvalue weighted by Crippen LogP contribution is -2.34. The molecule has 5 heteroatoms. The summed E-state index contributed by atoms with van der Waals surface area (Å²) in [5, 5.41) is 2.83. The SMILES string of the molecule is CCCCC(=O)N(C)CC(=O)Nc1ccc(Br)cc1C. The van der Waals surface area contributed by atoms with Gasteiger partial charge in [0, 0.05) is 23.6 Å². The van der Waals surface area contributed by atoms with E-state index >= 15 is 0 Å². The second-order valence-corrected chi connectivity index (χ2v) is 5.78. The van der Waals surface area contributed by atoms with Crippen LogP contribution >= 0.6 is 15.9 Å². The Hall–Kier alpha value is -1.36. The minimum Gasteiger partial charge on any atom is -0.336 e.